The molecular weight excluding hydrogens is 294 g/mol. The molecule has 1 aliphatic rings. The number of carbonyl (C=O) groups is 1. The van der Waals surface area contributed by atoms with Crippen LogP contribution in [0.3, 0.4) is 0 Å². The number of nitrogens with zero attached hydrogens (tertiary/aromatic N) is 1. The monoisotopic (exact) mass is 315 g/mol. The molecule has 4 nitrogen and oxygen atoms in total. The third-order valence-electron chi connectivity index (χ3n) is 3.17. The number of carbonyl (C=O) groups excluding carboxylic acids is 1. The maximum atomic E-state index is 12.0. The van der Waals surface area contributed by atoms with Crippen LogP contribution in [-0.4, -0.2) is 49.8 Å². The second kappa shape index (κ2) is 9.23. The molecule has 1 saturated heterocycles. The quantitative estimate of drug-likeness (QED) is 0.835. The predicted molar refractivity (Wildman–Crippen MR) is 88.0 cm³/mol. The van der Waals surface area contributed by atoms with Crippen molar-refractivity contribution in [2.75, 3.05) is 44.3 Å². The molecule has 0 saturated carbocycles. The fourth-order valence-corrected chi connectivity index (χ4v) is 2.55. The minimum Gasteiger partial charge on any atom is -0.325 e. The average molecular weight is 316 g/mol. The molecule has 2 N–H and O–H groups in total. The topological polar surface area (TPSA) is 44.4 Å². The first kappa shape index (κ1) is 17.3. The lowest BCUT2D eigenvalue weighted by Gasteiger charge is -2.18. The van der Waals surface area contributed by atoms with E-state index in [4.69, 9.17) is 0 Å². The number of benzene rings is 1. The van der Waals surface area contributed by atoms with E-state index in [1.54, 1.807) is 11.8 Å². The van der Waals surface area contributed by atoms with E-state index in [0.29, 0.717) is 6.54 Å². The molecule has 1 aromatic carbocycles. The maximum Gasteiger partial charge on any atom is 0.238 e. The van der Waals surface area contributed by atoms with E-state index >= 15 is 0 Å². The number of rotatable bonds is 4. The van der Waals surface area contributed by atoms with Gasteiger partial charge in [-0.25, -0.2) is 0 Å². The summed E-state index contributed by atoms with van der Waals surface area (Å²) in [5.74, 6) is 0.0683. The van der Waals surface area contributed by atoms with Gasteiger partial charge in [0, 0.05) is 23.7 Å². The second-order valence-electron chi connectivity index (χ2n) is 4.66. The van der Waals surface area contributed by atoms with Gasteiger partial charge in [-0.2, -0.15) is 0 Å². The second-order valence-corrected chi connectivity index (χ2v) is 5.54. The number of hydrogen-bond donors (Lipinski definition) is 2. The first-order valence-corrected chi connectivity index (χ1v) is 7.87. The molecule has 1 aromatic rings. The zero-order valence-corrected chi connectivity index (χ0v) is 13.4. The minimum absolute atomic E-state index is 0. The molecule has 0 radical (unpaired) electrons. The zero-order valence-electron chi connectivity index (χ0n) is 11.7. The van der Waals surface area contributed by atoms with Crippen molar-refractivity contribution in [1.29, 1.82) is 0 Å². The van der Waals surface area contributed by atoms with Gasteiger partial charge in [0.25, 0.3) is 0 Å². The van der Waals surface area contributed by atoms with Crippen molar-refractivity contribution in [2.24, 2.45) is 0 Å². The highest BCUT2D eigenvalue weighted by atomic mass is 35.5. The Kier molecular flexibility index (Phi) is 7.99. The summed E-state index contributed by atoms with van der Waals surface area (Å²) in [5.41, 5.74) is 0.871. The van der Waals surface area contributed by atoms with Crippen molar-refractivity contribution in [1.82, 2.24) is 10.2 Å². The van der Waals surface area contributed by atoms with Gasteiger partial charge < -0.3 is 10.6 Å². The van der Waals surface area contributed by atoms with Crippen LogP contribution >= 0.6 is 24.2 Å². The minimum atomic E-state index is 0. The van der Waals surface area contributed by atoms with E-state index in [2.05, 4.69) is 15.5 Å². The summed E-state index contributed by atoms with van der Waals surface area (Å²) in [6.07, 6.45) is 3.15. The molecule has 1 amide bonds. The van der Waals surface area contributed by atoms with Crippen molar-refractivity contribution < 1.29 is 4.79 Å². The number of anilines is 1. The van der Waals surface area contributed by atoms with E-state index in [1.807, 2.05) is 30.5 Å². The van der Waals surface area contributed by atoms with Gasteiger partial charge in [-0.1, -0.05) is 0 Å². The first-order valence-electron chi connectivity index (χ1n) is 6.65. The zero-order chi connectivity index (χ0) is 13.5. The number of amides is 1. The largest absolute Gasteiger partial charge is 0.325 e. The number of halogens is 1. The number of nitrogens with one attached hydrogen (secondary N) is 2. The Labute approximate surface area is 131 Å². The van der Waals surface area contributed by atoms with Crippen LogP contribution in [0.25, 0.3) is 0 Å². The van der Waals surface area contributed by atoms with Crippen LogP contribution in [0.1, 0.15) is 6.42 Å². The van der Waals surface area contributed by atoms with Gasteiger partial charge in [-0.15, -0.1) is 24.2 Å². The molecule has 6 heteroatoms. The van der Waals surface area contributed by atoms with E-state index in [0.717, 1.165) is 38.3 Å². The highest BCUT2D eigenvalue weighted by molar-refractivity contribution is 7.98. The molecule has 20 heavy (non-hydrogen) atoms. The molecule has 1 heterocycles. The lowest BCUT2D eigenvalue weighted by atomic mass is 10.3. The van der Waals surface area contributed by atoms with Crippen molar-refractivity contribution >= 4 is 35.8 Å². The van der Waals surface area contributed by atoms with Crippen LogP contribution < -0.4 is 10.6 Å². The molecule has 1 fully saturated rings. The highest BCUT2D eigenvalue weighted by Crippen LogP contribution is 2.17. The Bertz CT molecular complexity index is 405. The molecule has 0 aliphatic carbocycles. The summed E-state index contributed by atoms with van der Waals surface area (Å²) in [6, 6.07) is 7.95. The van der Waals surface area contributed by atoms with Crippen LogP contribution in [0.5, 0.6) is 0 Å². The fraction of sp³-hybridized carbons (Fsp3) is 0.500. The predicted octanol–water partition coefficient (Wildman–Crippen LogP) is 2.06. The molecule has 0 bridgehead atoms. The number of thioether (sulfide) groups is 1. The van der Waals surface area contributed by atoms with Crippen LogP contribution in [0, 0.1) is 0 Å². The van der Waals surface area contributed by atoms with E-state index < -0.39 is 0 Å². The van der Waals surface area contributed by atoms with Crippen molar-refractivity contribution in [3.63, 3.8) is 0 Å². The summed E-state index contributed by atoms with van der Waals surface area (Å²) in [7, 11) is 0. The summed E-state index contributed by atoms with van der Waals surface area (Å²) >= 11 is 1.70. The lowest BCUT2D eigenvalue weighted by Crippen LogP contribution is -2.35. The van der Waals surface area contributed by atoms with E-state index in [9.17, 15) is 4.79 Å². The molecular formula is C14H22ClN3OS. The molecule has 0 spiro atoms. The Balaban J connectivity index is 0.00000200. The number of hydrogen-bond acceptors (Lipinski definition) is 4. The Hall–Kier alpha value is -0.750. The fourth-order valence-electron chi connectivity index (χ4n) is 2.14. The van der Waals surface area contributed by atoms with Gasteiger partial charge in [0.2, 0.25) is 5.91 Å². The summed E-state index contributed by atoms with van der Waals surface area (Å²) < 4.78 is 0. The van der Waals surface area contributed by atoms with Crippen LogP contribution in [0.2, 0.25) is 0 Å². The van der Waals surface area contributed by atoms with Gasteiger partial charge in [0.1, 0.15) is 0 Å². The Morgan fingerprint density at radius 2 is 2.05 bits per heavy atom. The van der Waals surface area contributed by atoms with E-state index in [-0.39, 0.29) is 18.3 Å². The molecule has 1 aliphatic heterocycles. The molecule has 112 valence electrons. The van der Waals surface area contributed by atoms with Crippen LogP contribution in [0.4, 0.5) is 5.69 Å². The van der Waals surface area contributed by atoms with Gasteiger partial charge >= 0.3 is 0 Å². The van der Waals surface area contributed by atoms with Gasteiger partial charge in [0.05, 0.1) is 6.54 Å². The first-order chi connectivity index (χ1) is 9.28. The summed E-state index contributed by atoms with van der Waals surface area (Å²) in [6.45, 7) is 4.43. The molecule has 0 unspecified atom stereocenters. The van der Waals surface area contributed by atoms with Gasteiger partial charge in [-0.05, 0) is 50.0 Å². The Morgan fingerprint density at radius 3 is 2.75 bits per heavy atom. The lowest BCUT2D eigenvalue weighted by molar-refractivity contribution is -0.117. The smallest absolute Gasteiger partial charge is 0.238 e. The highest BCUT2D eigenvalue weighted by Gasteiger charge is 2.12. The normalized spacial score (nSPS) is 16.1. The molecule has 2 rings (SSSR count). The molecule has 0 aromatic heterocycles. The van der Waals surface area contributed by atoms with Crippen molar-refractivity contribution in [3.8, 4) is 0 Å². The standard InChI is InChI=1S/C14H21N3OS.ClH/c1-19-13-5-3-12(4-6-13)16-14(18)11-17-9-2-7-15-8-10-17;/h3-6,15H,2,7-11H2,1H3,(H,16,18);1H. The molecule has 0 atom stereocenters. The summed E-state index contributed by atoms with van der Waals surface area (Å²) in [4.78, 5) is 15.4. The van der Waals surface area contributed by atoms with Crippen LogP contribution in [0.15, 0.2) is 29.2 Å². The van der Waals surface area contributed by atoms with E-state index in [1.165, 1.54) is 4.90 Å². The third kappa shape index (κ3) is 5.71. The average Bonchev–Trinajstić information content (AvgIpc) is 2.68. The van der Waals surface area contributed by atoms with Crippen molar-refractivity contribution in [2.45, 2.75) is 11.3 Å². The summed E-state index contributed by atoms with van der Waals surface area (Å²) in [5, 5.41) is 6.29. The van der Waals surface area contributed by atoms with Crippen LogP contribution in [-0.2, 0) is 4.79 Å². The third-order valence-corrected chi connectivity index (χ3v) is 3.92. The maximum absolute atomic E-state index is 12.0. The van der Waals surface area contributed by atoms with Crippen molar-refractivity contribution in [3.05, 3.63) is 24.3 Å². The SMILES string of the molecule is CSc1ccc(NC(=O)CN2CCCNCC2)cc1.Cl. The Morgan fingerprint density at radius 1 is 1.30 bits per heavy atom. The van der Waals surface area contributed by atoms with Gasteiger partial charge in [-0.3, -0.25) is 9.69 Å². The van der Waals surface area contributed by atoms with Gasteiger partial charge in [0.15, 0.2) is 0 Å².